The molecule has 0 bridgehead atoms. The summed E-state index contributed by atoms with van der Waals surface area (Å²) in [6.07, 6.45) is 4.28. The quantitative estimate of drug-likeness (QED) is 0.837. The van der Waals surface area contributed by atoms with E-state index in [-0.39, 0.29) is 23.6 Å². The van der Waals surface area contributed by atoms with Crippen molar-refractivity contribution in [3.8, 4) is 0 Å². The van der Waals surface area contributed by atoms with Crippen LogP contribution in [0.3, 0.4) is 0 Å². The molecule has 3 atom stereocenters. The lowest BCUT2D eigenvalue weighted by Crippen LogP contribution is -2.51. The van der Waals surface area contributed by atoms with Gasteiger partial charge in [0.15, 0.2) is 9.84 Å². The van der Waals surface area contributed by atoms with Gasteiger partial charge in [0.1, 0.15) is 0 Å². The van der Waals surface area contributed by atoms with Gasteiger partial charge in [-0.2, -0.15) is 0 Å². The Labute approximate surface area is 134 Å². The third kappa shape index (κ3) is 4.35. The van der Waals surface area contributed by atoms with E-state index in [2.05, 4.69) is 24.1 Å². The minimum absolute atomic E-state index is 0.0929. The molecule has 0 aromatic rings. The number of amides is 2. The summed E-state index contributed by atoms with van der Waals surface area (Å²) in [5, 5.41) is 2.95. The molecule has 22 heavy (non-hydrogen) atoms. The van der Waals surface area contributed by atoms with Gasteiger partial charge < -0.3 is 10.2 Å². The first-order valence-corrected chi connectivity index (χ1v) is 10.1. The summed E-state index contributed by atoms with van der Waals surface area (Å²) >= 11 is 0. The van der Waals surface area contributed by atoms with Crippen LogP contribution in [0.5, 0.6) is 0 Å². The van der Waals surface area contributed by atoms with E-state index >= 15 is 0 Å². The van der Waals surface area contributed by atoms with E-state index in [1.54, 1.807) is 11.9 Å². The highest BCUT2D eigenvalue weighted by atomic mass is 32.2. The zero-order chi connectivity index (χ0) is 16.3. The fourth-order valence-corrected chi connectivity index (χ4v) is 5.27. The second kappa shape index (κ2) is 7.17. The van der Waals surface area contributed by atoms with Gasteiger partial charge in [0, 0.05) is 31.7 Å². The van der Waals surface area contributed by atoms with Crippen molar-refractivity contribution >= 4 is 15.9 Å². The van der Waals surface area contributed by atoms with Crippen LogP contribution in [0.25, 0.3) is 0 Å². The van der Waals surface area contributed by atoms with Crippen molar-refractivity contribution in [2.75, 3.05) is 31.6 Å². The van der Waals surface area contributed by atoms with E-state index in [1.807, 2.05) is 0 Å². The molecule has 2 heterocycles. The molecule has 0 spiro atoms. The summed E-state index contributed by atoms with van der Waals surface area (Å²) in [7, 11) is -1.27. The lowest BCUT2D eigenvalue weighted by Gasteiger charge is -2.38. The van der Waals surface area contributed by atoms with E-state index < -0.39 is 9.84 Å². The summed E-state index contributed by atoms with van der Waals surface area (Å²) in [6.45, 7) is 6.08. The van der Waals surface area contributed by atoms with Gasteiger partial charge in [-0.3, -0.25) is 4.90 Å². The maximum Gasteiger partial charge on any atom is 0.317 e. The van der Waals surface area contributed by atoms with Crippen molar-refractivity contribution in [1.82, 2.24) is 15.1 Å². The maximum absolute atomic E-state index is 12.2. The monoisotopic (exact) mass is 331 g/mol. The number of urea groups is 1. The van der Waals surface area contributed by atoms with Crippen LogP contribution in [0.1, 0.15) is 39.5 Å². The smallest absolute Gasteiger partial charge is 0.317 e. The number of nitrogens with one attached hydrogen (secondary N) is 1. The third-order valence-electron chi connectivity index (χ3n) is 5.05. The molecule has 2 aliphatic heterocycles. The molecule has 7 heteroatoms. The maximum atomic E-state index is 12.2. The Bertz CT molecular complexity index is 494. The van der Waals surface area contributed by atoms with Crippen molar-refractivity contribution in [3.05, 3.63) is 0 Å². The van der Waals surface area contributed by atoms with Crippen molar-refractivity contribution < 1.29 is 13.2 Å². The Kier molecular flexibility index (Phi) is 5.71. The number of carbonyl (C=O) groups is 1. The normalized spacial score (nSPS) is 30.0. The second-order valence-corrected chi connectivity index (χ2v) is 9.01. The van der Waals surface area contributed by atoms with Gasteiger partial charge in [0.25, 0.3) is 0 Å². The molecular formula is C15H29N3O3S. The highest BCUT2D eigenvalue weighted by Gasteiger charge is 2.33. The lowest BCUT2D eigenvalue weighted by molar-refractivity contribution is 0.112. The van der Waals surface area contributed by atoms with Crippen LogP contribution >= 0.6 is 0 Å². The highest BCUT2D eigenvalue weighted by molar-refractivity contribution is 7.91. The zero-order valence-electron chi connectivity index (χ0n) is 13.9. The average Bonchev–Trinajstić information content (AvgIpc) is 2.84. The molecule has 2 fully saturated rings. The summed E-state index contributed by atoms with van der Waals surface area (Å²) in [5.41, 5.74) is 0. The van der Waals surface area contributed by atoms with Crippen LogP contribution in [0, 0.1) is 0 Å². The molecule has 0 aromatic heterocycles. The van der Waals surface area contributed by atoms with E-state index in [4.69, 9.17) is 0 Å². The largest absolute Gasteiger partial charge is 0.336 e. The van der Waals surface area contributed by atoms with Crippen molar-refractivity contribution in [1.29, 1.82) is 0 Å². The summed E-state index contributed by atoms with van der Waals surface area (Å²) in [5.74, 6) is 0.284. The summed E-state index contributed by atoms with van der Waals surface area (Å²) in [6, 6.07) is 0.520. The molecule has 0 aromatic carbocycles. The van der Waals surface area contributed by atoms with Gasteiger partial charge >= 0.3 is 6.03 Å². The van der Waals surface area contributed by atoms with Gasteiger partial charge in [-0.15, -0.1) is 0 Å². The number of rotatable bonds is 4. The van der Waals surface area contributed by atoms with Gasteiger partial charge in [-0.25, -0.2) is 13.2 Å². The first-order valence-electron chi connectivity index (χ1n) is 8.27. The number of hydrogen-bond acceptors (Lipinski definition) is 4. The van der Waals surface area contributed by atoms with Crippen LogP contribution in [0.4, 0.5) is 4.79 Å². The number of carbonyl (C=O) groups excluding carboxylic acids is 1. The minimum Gasteiger partial charge on any atom is -0.336 e. The third-order valence-corrected chi connectivity index (χ3v) is 6.80. The van der Waals surface area contributed by atoms with Crippen LogP contribution in [-0.2, 0) is 9.84 Å². The first kappa shape index (κ1) is 17.5. The molecule has 0 saturated carbocycles. The van der Waals surface area contributed by atoms with E-state index in [9.17, 15) is 13.2 Å². The van der Waals surface area contributed by atoms with Gasteiger partial charge in [0.05, 0.1) is 11.5 Å². The molecule has 128 valence electrons. The van der Waals surface area contributed by atoms with Crippen molar-refractivity contribution in [3.63, 3.8) is 0 Å². The van der Waals surface area contributed by atoms with Gasteiger partial charge in [0.2, 0.25) is 0 Å². The first-order chi connectivity index (χ1) is 10.3. The number of sulfone groups is 1. The SMILES string of the molecule is C[C@@H]1CCCCN1[C@@H](C)CNC(=O)N(C)[C@H]1CCS(=O)(=O)C1. The zero-order valence-corrected chi connectivity index (χ0v) is 14.7. The van der Waals surface area contributed by atoms with E-state index in [0.29, 0.717) is 25.0 Å². The second-order valence-electron chi connectivity index (χ2n) is 6.79. The number of hydrogen-bond donors (Lipinski definition) is 1. The summed E-state index contributed by atoms with van der Waals surface area (Å²) < 4.78 is 23.0. The van der Waals surface area contributed by atoms with Crippen molar-refractivity contribution in [2.45, 2.75) is 57.7 Å². The molecule has 1 N–H and O–H groups in total. The van der Waals surface area contributed by atoms with Crippen LogP contribution in [0.15, 0.2) is 0 Å². The Morgan fingerprint density at radius 3 is 2.68 bits per heavy atom. The van der Waals surface area contributed by atoms with Crippen molar-refractivity contribution in [2.24, 2.45) is 0 Å². The summed E-state index contributed by atoms with van der Waals surface area (Å²) in [4.78, 5) is 16.2. The Hall–Kier alpha value is -0.820. The number of likely N-dealkylation sites (tertiary alicyclic amines) is 1. The number of nitrogens with zero attached hydrogens (tertiary/aromatic N) is 2. The lowest BCUT2D eigenvalue weighted by atomic mass is 10.0. The average molecular weight is 331 g/mol. The highest BCUT2D eigenvalue weighted by Crippen LogP contribution is 2.19. The Morgan fingerprint density at radius 2 is 2.09 bits per heavy atom. The van der Waals surface area contributed by atoms with Crippen LogP contribution in [-0.4, -0.2) is 74.0 Å². The van der Waals surface area contributed by atoms with Crippen LogP contribution < -0.4 is 5.32 Å². The molecular weight excluding hydrogens is 302 g/mol. The Morgan fingerprint density at radius 1 is 1.36 bits per heavy atom. The fraction of sp³-hybridized carbons (Fsp3) is 0.933. The molecule has 2 saturated heterocycles. The molecule has 0 aliphatic carbocycles. The van der Waals surface area contributed by atoms with Crippen LogP contribution in [0.2, 0.25) is 0 Å². The molecule has 6 nitrogen and oxygen atoms in total. The molecule has 0 radical (unpaired) electrons. The molecule has 2 aliphatic rings. The Balaban J connectivity index is 1.79. The van der Waals surface area contributed by atoms with Gasteiger partial charge in [-0.05, 0) is 39.7 Å². The fourth-order valence-electron chi connectivity index (χ4n) is 3.50. The molecule has 0 unspecified atom stereocenters. The van der Waals surface area contributed by atoms with E-state index in [1.165, 1.54) is 19.3 Å². The standard InChI is InChI=1S/C15H29N3O3S/c1-12-6-4-5-8-18(12)13(2)10-16-15(19)17(3)14-7-9-22(20,21)11-14/h12-14H,4-11H2,1-3H3,(H,16,19)/t12-,13+,14+/m1/s1. The predicted octanol–water partition coefficient (Wildman–Crippen LogP) is 1.08. The minimum atomic E-state index is -2.96. The predicted molar refractivity (Wildman–Crippen MR) is 87.7 cm³/mol. The number of piperidine rings is 1. The topological polar surface area (TPSA) is 69.7 Å². The van der Waals surface area contributed by atoms with Gasteiger partial charge in [-0.1, -0.05) is 6.42 Å². The van der Waals surface area contributed by atoms with E-state index in [0.717, 1.165) is 6.54 Å². The molecule has 2 rings (SSSR count). The molecule has 2 amide bonds.